The first-order chi connectivity index (χ1) is 19.3. The molecule has 40 heavy (non-hydrogen) atoms. The van der Waals surface area contributed by atoms with E-state index in [4.69, 9.17) is 16.9 Å². The fourth-order valence-electron chi connectivity index (χ4n) is 4.35. The highest BCUT2D eigenvalue weighted by Gasteiger charge is 2.20. The highest BCUT2D eigenvalue weighted by Crippen LogP contribution is 2.33. The second-order valence-electron chi connectivity index (χ2n) is 9.06. The highest BCUT2D eigenvalue weighted by atomic mass is 35.5. The van der Waals surface area contributed by atoms with Gasteiger partial charge in [-0.15, -0.1) is 0 Å². The van der Waals surface area contributed by atoms with Crippen molar-refractivity contribution in [3.63, 3.8) is 0 Å². The monoisotopic (exact) mass is 555 g/mol. The van der Waals surface area contributed by atoms with Crippen LogP contribution in [0.4, 0.5) is 33.2 Å². The van der Waals surface area contributed by atoms with Crippen molar-refractivity contribution in [1.29, 1.82) is 5.26 Å². The van der Waals surface area contributed by atoms with E-state index in [9.17, 15) is 9.59 Å². The van der Waals surface area contributed by atoms with Crippen molar-refractivity contribution in [2.45, 2.75) is 19.3 Å². The van der Waals surface area contributed by atoms with Crippen molar-refractivity contribution in [1.82, 2.24) is 15.3 Å². The Bertz CT molecular complexity index is 1670. The summed E-state index contributed by atoms with van der Waals surface area (Å²) in [6.07, 6.45) is 3.40. The van der Waals surface area contributed by atoms with E-state index in [-0.39, 0.29) is 33.9 Å². The summed E-state index contributed by atoms with van der Waals surface area (Å²) in [6.45, 7) is 0. The molecule has 0 radical (unpaired) electrons. The number of fused-ring (bicyclic) bond motifs is 1. The Hall–Kier alpha value is -5.01. The number of anilines is 5. The third-order valence-corrected chi connectivity index (χ3v) is 6.66. The minimum Gasteiger partial charge on any atom is -0.355 e. The second kappa shape index (κ2) is 11.4. The molecular formula is C29H23ClFN7O2. The number of nitrogens with one attached hydrogen (secondary N) is 4. The Balaban J connectivity index is 1.45. The van der Waals surface area contributed by atoms with Crippen LogP contribution in [0, 0.1) is 17.1 Å². The predicted octanol–water partition coefficient (Wildman–Crippen LogP) is 5.93. The molecule has 9 nitrogen and oxygen atoms in total. The molecule has 11 heteroatoms. The summed E-state index contributed by atoms with van der Waals surface area (Å²) in [5.41, 5.74) is 3.88. The van der Waals surface area contributed by atoms with Gasteiger partial charge in [-0.05, 0) is 65.9 Å². The van der Waals surface area contributed by atoms with Gasteiger partial charge >= 0.3 is 0 Å². The number of aryl methyl sites for hydroxylation is 1. The third kappa shape index (κ3) is 5.70. The SMILES string of the molecule is CNC(=O)c1cc(-c2ccc(C#N)cc2)cc(F)c1Nc1nc(Nc2ccc3c(c2)NC(=O)CCC3)ncc1Cl. The molecule has 0 fully saturated rings. The normalized spacial score (nSPS) is 12.4. The molecule has 2 heterocycles. The van der Waals surface area contributed by atoms with Crippen molar-refractivity contribution in [3.05, 3.63) is 88.3 Å². The zero-order chi connectivity index (χ0) is 28.2. The Labute approximate surface area is 234 Å². The number of nitrogens with zero attached hydrogens (tertiary/aromatic N) is 3. The quantitative estimate of drug-likeness (QED) is 0.232. The smallest absolute Gasteiger partial charge is 0.253 e. The van der Waals surface area contributed by atoms with Gasteiger partial charge in [0.05, 0.1) is 29.1 Å². The van der Waals surface area contributed by atoms with Gasteiger partial charge in [-0.3, -0.25) is 9.59 Å². The van der Waals surface area contributed by atoms with Crippen LogP contribution in [-0.4, -0.2) is 28.8 Å². The minimum absolute atomic E-state index is 0.0348. The first-order valence-electron chi connectivity index (χ1n) is 12.4. The number of benzene rings is 3. The van der Waals surface area contributed by atoms with E-state index < -0.39 is 11.7 Å². The van der Waals surface area contributed by atoms with Gasteiger partial charge < -0.3 is 21.3 Å². The summed E-state index contributed by atoms with van der Waals surface area (Å²) in [6, 6.07) is 17.1. The lowest BCUT2D eigenvalue weighted by Gasteiger charge is -2.16. The van der Waals surface area contributed by atoms with Crippen LogP contribution in [0.25, 0.3) is 11.1 Å². The van der Waals surface area contributed by atoms with E-state index in [1.165, 1.54) is 19.3 Å². The van der Waals surface area contributed by atoms with Crippen LogP contribution in [0.3, 0.4) is 0 Å². The van der Waals surface area contributed by atoms with Crippen molar-refractivity contribution in [3.8, 4) is 17.2 Å². The maximum atomic E-state index is 15.5. The number of rotatable bonds is 6. The molecule has 1 aliphatic heterocycles. The van der Waals surface area contributed by atoms with Gasteiger partial charge in [0.1, 0.15) is 10.8 Å². The van der Waals surface area contributed by atoms with Gasteiger partial charge in [0, 0.05) is 24.8 Å². The molecule has 1 aromatic heterocycles. The molecule has 0 unspecified atom stereocenters. The van der Waals surface area contributed by atoms with Gasteiger partial charge in [-0.25, -0.2) is 9.37 Å². The fourth-order valence-corrected chi connectivity index (χ4v) is 4.49. The first-order valence-corrected chi connectivity index (χ1v) is 12.8. The van der Waals surface area contributed by atoms with Gasteiger partial charge in [0.2, 0.25) is 11.9 Å². The molecule has 4 N–H and O–H groups in total. The van der Waals surface area contributed by atoms with E-state index in [2.05, 4.69) is 31.2 Å². The number of carbonyl (C=O) groups excluding carboxylic acids is 2. The number of amides is 2. The van der Waals surface area contributed by atoms with E-state index in [1.807, 2.05) is 18.2 Å². The molecule has 5 rings (SSSR count). The molecule has 3 aromatic carbocycles. The van der Waals surface area contributed by atoms with E-state index in [0.717, 1.165) is 24.1 Å². The Kier molecular flexibility index (Phi) is 7.57. The molecule has 0 saturated carbocycles. The Morgan fingerprint density at radius 3 is 2.62 bits per heavy atom. The standard InChI is InChI=1S/C29H23ClFN7O2/c1-33-28(40)21-11-19(17-7-5-16(14-32)6-8-17)12-23(31)26(21)37-27-22(30)15-34-29(38-27)35-20-10-9-18-3-2-4-25(39)36-24(18)13-20/h5-13,15H,2-4H2,1H3,(H,33,40)(H,36,39)(H2,34,35,37,38). The highest BCUT2D eigenvalue weighted by molar-refractivity contribution is 6.33. The first kappa shape index (κ1) is 26.6. The molecule has 200 valence electrons. The van der Waals surface area contributed by atoms with Gasteiger partial charge in [0.15, 0.2) is 5.82 Å². The van der Waals surface area contributed by atoms with Crippen LogP contribution in [0.1, 0.15) is 34.3 Å². The molecule has 4 aromatic rings. The van der Waals surface area contributed by atoms with Crippen LogP contribution in [0.15, 0.2) is 60.8 Å². The summed E-state index contributed by atoms with van der Waals surface area (Å²) >= 11 is 6.34. The van der Waals surface area contributed by atoms with Crippen LogP contribution in [0.2, 0.25) is 5.02 Å². The Morgan fingerprint density at radius 2 is 1.88 bits per heavy atom. The summed E-state index contributed by atoms with van der Waals surface area (Å²) in [5, 5.41) is 20.5. The zero-order valence-corrected chi connectivity index (χ0v) is 22.1. The molecular weight excluding hydrogens is 533 g/mol. The molecule has 1 aliphatic rings. The summed E-state index contributed by atoms with van der Waals surface area (Å²) in [5.74, 6) is -1.01. The topological polar surface area (TPSA) is 132 Å². The van der Waals surface area contributed by atoms with Crippen molar-refractivity contribution in [2.24, 2.45) is 0 Å². The van der Waals surface area contributed by atoms with Crippen LogP contribution in [-0.2, 0) is 11.2 Å². The van der Waals surface area contributed by atoms with Crippen molar-refractivity contribution in [2.75, 3.05) is 23.0 Å². The van der Waals surface area contributed by atoms with Gasteiger partial charge in [0.25, 0.3) is 5.91 Å². The lowest BCUT2D eigenvalue weighted by molar-refractivity contribution is -0.116. The number of hydrogen-bond acceptors (Lipinski definition) is 7. The van der Waals surface area contributed by atoms with E-state index in [1.54, 1.807) is 36.4 Å². The molecule has 0 saturated heterocycles. The molecule has 0 atom stereocenters. The van der Waals surface area contributed by atoms with E-state index in [0.29, 0.717) is 28.8 Å². The van der Waals surface area contributed by atoms with Crippen molar-refractivity contribution < 1.29 is 14.0 Å². The minimum atomic E-state index is -0.703. The van der Waals surface area contributed by atoms with E-state index >= 15 is 4.39 Å². The number of halogens is 2. The van der Waals surface area contributed by atoms with Crippen LogP contribution < -0.4 is 21.3 Å². The largest absolute Gasteiger partial charge is 0.355 e. The third-order valence-electron chi connectivity index (χ3n) is 6.39. The summed E-state index contributed by atoms with van der Waals surface area (Å²) in [4.78, 5) is 33.3. The van der Waals surface area contributed by atoms with Gasteiger partial charge in [-0.2, -0.15) is 10.2 Å². The zero-order valence-electron chi connectivity index (χ0n) is 21.3. The maximum absolute atomic E-state index is 15.5. The maximum Gasteiger partial charge on any atom is 0.253 e. The lowest BCUT2D eigenvalue weighted by atomic mass is 10.00. The number of nitriles is 1. The van der Waals surface area contributed by atoms with Gasteiger partial charge in [-0.1, -0.05) is 29.8 Å². The summed E-state index contributed by atoms with van der Waals surface area (Å²) < 4.78 is 15.5. The van der Waals surface area contributed by atoms with Crippen LogP contribution in [0.5, 0.6) is 0 Å². The number of aromatic nitrogens is 2. The van der Waals surface area contributed by atoms with Crippen LogP contribution >= 0.6 is 11.6 Å². The molecule has 0 spiro atoms. The molecule has 2 amide bonds. The Morgan fingerprint density at radius 1 is 1.07 bits per heavy atom. The molecule has 0 aliphatic carbocycles. The average Bonchev–Trinajstić information content (AvgIpc) is 3.15. The number of hydrogen-bond donors (Lipinski definition) is 4. The second-order valence-corrected chi connectivity index (χ2v) is 9.47. The average molecular weight is 556 g/mol. The fraction of sp³-hybridized carbons (Fsp3) is 0.138. The van der Waals surface area contributed by atoms with Crippen molar-refractivity contribution >= 4 is 52.2 Å². The molecule has 0 bridgehead atoms. The predicted molar refractivity (Wildman–Crippen MR) is 152 cm³/mol. The lowest BCUT2D eigenvalue weighted by Crippen LogP contribution is -2.20. The number of carbonyl (C=O) groups is 2. The summed E-state index contributed by atoms with van der Waals surface area (Å²) in [7, 11) is 1.45.